The van der Waals surface area contributed by atoms with Crippen molar-refractivity contribution in [2.75, 3.05) is 0 Å². The summed E-state index contributed by atoms with van der Waals surface area (Å²) in [5, 5.41) is 11.5. The molecule has 0 unspecified atom stereocenters. The summed E-state index contributed by atoms with van der Waals surface area (Å²) < 4.78 is 0. The monoisotopic (exact) mass is 194 g/mol. The number of nitrogens with zero attached hydrogens (tertiary/aromatic N) is 1. The van der Waals surface area contributed by atoms with E-state index in [2.05, 4.69) is 10.3 Å². The van der Waals surface area contributed by atoms with Crippen LogP contribution in [-0.4, -0.2) is 22.1 Å². The molecule has 2 N–H and O–H groups in total. The zero-order valence-corrected chi connectivity index (χ0v) is 8.32. The normalized spacial score (nSPS) is 12.4. The van der Waals surface area contributed by atoms with Gasteiger partial charge in [0, 0.05) is 18.9 Å². The van der Waals surface area contributed by atoms with Crippen LogP contribution in [0.15, 0.2) is 18.5 Å². The maximum Gasteiger partial charge on any atom is 0.320 e. The third-order valence-electron chi connectivity index (χ3n) is 1.91. The van der Waals surface area contributed by atoms with E-state index in [0.717, 1.165) is 11.1 Å². The predicted octanol–water partition coefficient (Wildman–Crippen LogP) is 0.953. The second-order valence-corrected chi connectivity index (χ2v) is 3.31. The number of aryl methyl sites for hydroxylation is 1. The summed E-state index contributed by atoms with van der Waals surface area (Å²) in [6, 6.07) is 1.45. The van der Waals surface area contributed by atoms with Crippen LogP contribution in [0.5, 0.6) is 0 Å². The summed E-state index contributed by atoms with van der Waals surface area (Å²) in [4.78, 5) is 14.5. The van der Waals surface area contributed by atoms with E-state index in [-0.39, 0.29) is 0 Å². The van der Waals surface area contributed by atoms with Crippen LogP contribution in [0.1, 0.15) is 18.1 Å². The quantitative estimate of drug-likeness (QED) is 0.749. The van der Waals surface area contributed by atoms with E-state index in [0.29, 0.717) is 6.54 Å². The standard InChI is InChI=1S/C10H14N2O2/c1-7-3-9(5-11-4-7)6-12-8(2)10(13)14/h3-5,8,12H,6H2,1-2H3,(H,13,14)/t8-/m0/s1. The van der Waals surface area contributed by atoms with Gasteiger partial charge >= 0.3 is 5.97 Å². The van der Waals surface area contributed by atoms with Crippen molar-refractivity contribution >= 4 is 5.97 Å². The minimum atomic E-state index is -0.842. The Morgan fingerprint density at radius 2 is 2.36 bits per heavy atom. The fourth-order valence-corrected chi connectivity index (χ4v) is 1.07. The van der Waals surface area contributed by atoms with Crippen LogP contribution in [0.25, 0.3) is 0 Å². The average molecular weight is 194 g/mol. The van der Waals surface area contributed by atoms with E-state index in [9.17, 15) is 4.79 Å². The van der Waals surface area contributed by atoms with Gasteiger partial charge in [-0.25, -0.2) is 0 Å². The van der Waals surface area contributed by atoms with Gasteiger partial charge in [-0.1, -0.05) is 6.07 Å². The van der Waals surface area contributed by atoms with E-state index in [4.69, 9.17) is 5.11 Å². The van der Waals surface area contributed by atoms with E-state index in [1.165, 1.54) is 0 Å². The number of aromatic nitrogens is 1. The number of carboxylic acids is 1. The molecule has 0 aliphatic carbocycles. The van der Waals surface area contributed by atoms with Crippen molar-refractivity contribution in [2.24, 2.45) is 0 Å². The highest BCUT2D eigenvalue weighted by Crippen LogP contribution is 2.00. The fourth-order valence-electron chi connectivity index (χ4n) is 1.07. The van der Waals surface area contributed by atoms with Crippen molar-refractivity contribution in [3.63, 3.8) is 0 Å². The van der Waals surface area contributed by atoms with Gasteiger partial charge in [-0.3, -0.25) is 9.78 Å². The number of hydrogen-bond acceptors (Lipinski definition) is 3. The molecule has 0 saturated carbocycles. The molecule has 0 amide bonds. The molecule has 0 bridgehead atoms. The number of carbonyl (C=O) groups is 1. The first-order chi connectivity index (χ1) is 6.59. The van der Waals surface area contributed by atoms with E-state index in [1.54, 1.807) is 19.3 Å². The highest BCUT2D eigenvalue weighted by Gasteiger charge is 2.08. The highest BCUT2D eigenvalue weighted by atomic mass is 16.4. The molecule has 4 heteroatoms. The minimum Gasteiger partial charge on any atom is -0.480 e. The van der Waals surface area contributed by atoms with Crippen LogP contribution in [0.2, 0.25) is 0 Å². The summed E-state index contributed by atoms with van der Waals surface area (Å²) in [5.74, 6) is -0.842. The molecule has 1 atom stereocenters. The Kier molecular flexibility index (Phi) is 3.59. The molecule has 0 aliphatic rings. The third-order valence-corrected chi connectivity index (χ3v) is 1.91. The van der Waals surface area contributed by atoms with Gasteiger partial charge in [0.25, 0.3) is 0 Å². The van der Waals surface area contributed by atoms with Gasteiger partial charge in [-0.05, 0) is 25.0 Å². The Labute approximate surface area is 83.0 Å². The first-order valence-corrected chi connectivity index (χ1v) is 4.46. The van der Waals surface area contributed by atoms with Gasteiger partial charge in [0.1, 0.15) is 6.04 Å². The van der Waals surface area contributed by atoms with Crippen molar-refractivity contribution in [2.45, 2.75) is 26.4 Å². The van der Waals surface area contributed by atoms with Gasteiger partial charge in [0.15, 0.2) is 0 Å². The summed E-state index contributed by atoms with van der Waals surface area (Å²) in [6.45, 7) is 4.10. The molecular weight excluding hydrogens is 180 g/mol. The first kappa shape index (κ1) is 10.7. The van der Waals surface area contributed by atoms with Gasteiger partial charge < -0.3 is 10.4 Å². The first-order valence-electron chi connectivity index (χ1n) is 4.46. The second kappa shape index (κ2) is 4.72. The molecule has 0 radical (unpaired) electrons. The zero-order chi connectivity index (χ0) is 10.6. The Morgan fingerprint density at radius 1 is 1.64 bits per heavy atom. The number of nitrogens with one attached hydrogen (secondary N) is 1. The van der Waals surface area contributed by atoms with Crippen molar-refractivity contribution in [1.82, 2.24) is 10.3 Å². The summed E-state index contributed by atoms with van der Waals surface area (Å²) >= 11 is 0. The molecule has 76 valence electrons. The predicted molar refractivity (Wildman–Crippen MR) is 52.9 cm³/mol. The molecular formula is C10H14N2O2. The van der Waals surface area contributed by atoms with E-state index < -0.39 is 12.0 Å². The summed E-state index contributed by atoms with van der Waals surface area (Å²) in [5.41, 5.74) is 2.07. The highest BCUT2D eigenvalue weighted by molar-refractivity contribution is 5.72. The fraction of sp³-hybridized carbons (Fsp3) is 0.400. The van der Waals surface area contributed by atoms with Crippen LogP contribution in [0.4, 0.5) is 0 Å². The Hall–Kier alpha value is -1.42. The van der Waals surface area contributed by atoms with E-state index >= 15 is 0 Å². The molecule has 1 heterocycles. The number of pyridine rings is 1. The number of carboxylic acid groups (broad SMARTS) is 1. The van der Waals surface area contributed by atoms with Gasteiger partial charge in [0.2, 0.25) is 0 Å². The number of aliphatic carboxylic acids is 1. The molecule has 1 rings (SSSR count). The summed E-state index contributed by atoms with van der Waals surface area (Å²) in [6.07, 6.45) is 3.50. The van der Waals surface area contributed by atoms with Crippen LogP contribution >= 0.6 is 0 Å². The van der Waals surface area contributed by atoms with Crippen molar-refractivity contribution < 1.29 is 9.90 Å². The third kappa shape index (κ3) is 3.14. The zero-order valence-electron chi connectivity index (χ0n) is 8.32. The minimum absolute atomic E-state index is 0.530. The molecule has 0 fully saturated rings. The van der Waals surface area contributed by atoms with Crippen LogP contribution in [0, 0.1) is 6.92 Å². The van der Waals surface area contributed by atoms with Crippen molar-refractivity contribution in [1.29, 1.82) is 0 Å². The van der Waals surface area contributed by atoms with E-state index in [1.807, 2.05) is 13.0 Å². The Bertz CT molecular complexity index is 326. The molecule has 4 nitrogen and oxygen atoms in total. The maximum atomic E-state index is 10.5. The van der Waals surface area contributed by atoms with Crippen LogP contribution in [-0.2, 0) is 11.3 Å². The van der Waals surface area contributed by atoms with Crippen LogP contribution < -0.4 is 5.32 Å². The Morgan fingerprint density at radius 3 is 2.93 bits per heavy atom. The molecule has 1 aromatic heterocycles. The lowest BCUT2D eigenvalue weighted by Crippen LogP contribution is -2.33. The van der Waals surface area contributed by atoms with Crippen LogP contribution in [0.3, 0.4) is 0 Å². The molecule has 1 aromatic rings. The Balaban J connectivity index is 2.49. The van der Waals surface area contributed by atoms with Gasteiger partial charge in [-0.15, -0.1) is 0 Å². The lowest BCUT2D eigenvalue weighted by atomic mass is 10.2. The smallest absolute Gasteiger partial charge is 0.320 e. The average Bonchev–Trinajstić information content (AvgIpc) is 2.14. The molecule has 0 aromatic carbocycles. The molecule has 0 aliphatic heterocycles. The molecule has 0 saturated heterocycles. The largest absolute Gasteiger partial charge is 0.480 e. The number of rotatable bonds is 4. The SMILES string of the molecule is Cc1cncc(CN[C@@H](C)C(=O)O)c1. The number of hydrogen-bond donors (Lipinski definition) is 2. The molecule has 14 heavy (non-hydrogen) atoms. The lowest BCUT2D eigenvalue weighted by Gasteiger charge is -2.08. The van der Waals surface area contributed by atoms with Crippen molar-refractivity contribution in [3.8, 4) is 0 Å². The lowest BCUT2D eigenvalue weighted by molar-refractivity contribution is -0.139. The van der Waals surface area contributed by atoms with Gasteiger partial charge in [0.05, 0.1) is 0 Å². The molecule has 0 spiro atoms. The van der Waals surface area contributed by atoms with Crippen molar-refractivity contribution in [3.05, 3.63) is 29.6 Å². The van der Waals surface area contributed by atoms with Gasteiger partial charge in [-0.2, -0.15) is 0 Å². The second-order valence-electron chi connectivity index (χ2n) is 3.31. The topological polar surface area (TPSA) is 62.2 Å². The maximum absolute atomic E-state index is 10.5. The summed E-state index contributed by atoms with van der Waals surface area (Å²) in [7, 11) is 0.